The number of carbonyl (C=O) groups is 2. The average Bonchev–Trinajstić information content (AvgIpc) is 2.43. The molecule has 0 saturated carbocycles. The predicted molar refractivity (Wildman–Crippen MR) is 73.9 cm³/mol. The number of nitrogens with one attached hydrogen (secondary N) is 1. The second-order valence-electron chi connectivity index (χ2n) is 4.84. The summed E-state index contributed by atoms with van der Waals surface area (Å²) in [6.07, 6.45) is 0.705. The molecule has 0 aliphatic heterocycles. The number of carboxylic acids is 1. The molecule has 1 aromatic carbocycles. The first-order valence-corrected chi connectivity index (χ1v) is 6.55. The summed E-state index contributed by atoms with van der Waals surface area (Å²) < 4.78 is 0. The number of hydrogen-bond donors (Lipinski definition) is 2. The lowest BCUT2D eigenvalue weighted by Crippen LogP contribution is -2.46. The SMILES string of the molecule is CC[C@H](C)[C@H](NC(=O)[C@H](C)c1ccccc1)C(=O)O. The highest BCUT2D eigenvalue weighted by Crippen LogP contribution is 2.16. The molecule has 0 fully saturated rings. The van der Waals surface area contributed by atoms with Gasteiger partial charge in [0.15, 0.2) is 0 Å². The van der Waals surface area contributed by atoms with Crippen LogP contribution in [0.1, 0.15) is 38.7 Å². The number of hydrogen-bond acceptors (Lipinski definition) is 2. The number of rotatable bonds is 6. The third kappa shape index (κ3) is 4.09. The largest absolute Gasteiger partial charge is 0.480 e. The van der Waals surface area contributed by atoms with E-state index in [1.54, 1.807) is 6.92 Å². The van der Waals surface area contributed by atoms with Gasteiger partial charge in [-0.1, -0.05) is 50.6 Å². The minimum absolute atomic E-state index is 0.0931. The minimum Gasteiger partial charge on any atom is -0.480 e. The van der Waals surface area contributed by atoms with Crippen molar-refractivity contribution in [3.05, 3.63) is 35.9 Å². The Balaban J connectivity index is 2.75. The molecule has 4 heteroatoms. The van der Waals surface area contributed by atoms with Crippen LogP contribution in [0.3, 0.4) is 0 Å². The average molecular weight is 263 g/mol. The van der Waals surface area contributed by atoms with Crippen LogP contribution in [0, 0.1) is 5.92 Å². The summed E-state index contributed by atoms with van der Waals surface area (Å²) in [7, 11) is 0. The fourth-order valence-electron chi connectivity index (χ4n) is 1.85. The van der Waals surface area contributed by atoms with Crippen molar-refractivity contribution in [1.29, 1.82) is 0 Å². The fraction of sp³-hybridized carbons (Fsp3) is 0.467. The van der Waals surface area contributed by atoms with Crippen molar-refractivity contribution in [1.82, 2.24) is 5.32 Å². The van der Waals surface area contributed by atoms with E-state index in [1.165, 1.54) is 0 Å². The Morgan fingerprint density at radius 1 is 1.21 bits per heavy atom. The van der Waals surface area contributed by atoms with Crippen molar-refractivity contribution >= 4 is 11.9 Å². The Morgan fingerprint density at radius 3 is 2.26 bits per heavy atom. The molecule has 3 atom stereocenters. The van der Waals surface area contributed by atoms with Gasteiger partial charge in [-0.3, -0.25) is 4.79 Å². The van der Waals surface area contributed by atoms with E-state index in [9.17, 15) is 9.59 Å². The lowest BCUT2D eigenvalue weighted by Gasteiger charge is -2.22. The van der Waals surface area contributed by atoms with Crippen molar-refractivity contribution in [3.63, 3.8) is 0 Å². The summed E-state index contributed by atoms with van der Waals surface area (Å²) in [6, 6.07) is 8.51. The molecule has 4 nitrogen and oxygen atoms in total. The van der Waals surface area contributed by atoms with E-state index in [1.807, 2.05) is 44.2 Å². The molecule has 19 heavy (non-hydrogen) atoms. The van der Waals surface area contributed by atoms with Gasteiger partial charge < -0.3 is 10.4 Å². The van der Waals surface area contributed by atoms with E-state index in [-0.39, 0.29) is 17.7 Å². The van der Waals surface area contributed by atoms with Gasteiger partial charge in [0.25, 0.3) is 0 Å². The monoisotopic (exact) mass is 263 g/mol. The second-order valence-corrected chi connectivity index (χ2v) is 4.84. The molecule has 0 aliphatic rings. The summed E-state index contributed by atoms with van der Waals surface area (Å²) >= 11 is 0. The number of carbonyl (C=O) groups excluding carboxylic acids is 1. The van der Waals surface area contributed by atoms with Crippen molar-refractivity contribution in [2.75, 3.05) is 0 Å². The van der Waals surface area contributed by atoms with E-state index < -0.39 is 12.0 Å². The van der Waals surface area contributed by atoms with Gasteiger partial charge in [0.1, 0.15) is 6.04 Å². The molecule has 104 valence electrons. The van der Waals surface area contributed by atoms with Crippen LogP contribution in [-0.4, -0.2) is 23.0 Å². The van der Waals surface area contributed by atoms with Crippen molar-refractivity contribution in [2.24, 2.45) is 5.92 Å². The van der Waals surface area contributed by atoms with E-state index in [2.05, 4.69) is 5.32 Å². The van der Waals surface area contributed by atoms with Gasteiger partial charge in [-0.15, -0.1) is 0 Å². The molecule has 1 rings (SSSR count). The molecule has 0 heterocycles. The fourth-order valence-corrected chi connectivity index (χ4v) is 1.85. The van der Waals surface area contributed by atoms with Crippen LogP contribution in [-0.2, 0) is 9.59 Å². The summed E-state index contributed by atoms with van der Waals surface area (Å²) in [6.45, 7) is 5.51. The van der Waals surface area contributed by atoms with Crippen LogP contribution in [0.2, 0.25) is 0 Å². The molecule has 1 amide bonds. The van der Waals surface area contributed by atoms with Gasteiger partial charge in [0, 0.05) is 0 Å². The van der Waals surface area contributed by atoms with E-state index >= 15 is 0 Å². The number of amides is 1. The van der Waals surface area contributed by atoms with Crippen LogP contribution in [0.4, 0.5) is 0 Å². The number of aliphatic carboxylic acids is 1. The van der Waals surface area contributed by atoms with E-state index in [0.29, 0.717) is 6.42 Å². The van der Waals surface area contributed by atoms with Crippen LogP contribution in [0.15, 0.2) is 30.3 Å². The Bertz CT molecular complexity index is 430. The summed E-state index contributed by atoms with van der Waals surface area (Å²) in [5.41, 5.74) is 0.883. The van der Waals surface area contributed by atoms with Crippen molar-refractivity contribution in [3.8, 4) is 0 Å². The maximum Gasteiger partial charge on any atom is 0.326 e. The minimum atomic E-state index is -0.983. The topological polar surface area (TPSA) is 66.4 Å². The standard InChI is InChI=1S/C15H21NO3/c1-4-10(2)13(15(18)19)16-14(17)11(3)12-8-6-5-7-9-12/h5-11,13H,4H2,1-3H3,(H,16,17)(H,18,19)/t10-,11+,13-/m0/s1. The van der Waals surface area contributed by atoms with Crippen LogP contribution < -0.4 is 5.32 Å². The molecular weight excluding hydrogens is 242 g/mol. The lowest BCUT2D eigenvalue weighted by molar-refractivity contribution is -0.143. The smallest absolute Gasteiger partial charge is 0.326 e. The molecule has 0 unspecified atom stereocenters. The highest BCUT2D eigenvalue weighted by Gasteiger charge is 2.27. The van der Waals surface area contributed by atoms with Crippen LogP contribution in [0.5, 0.6) is 0 Å². The molecule has 0 saturated heterocycles. The third-order valence-electron chi connectivity index (χ3n) is 3.47. The first kappa shape index (κ1) is 15.2. The number of carboxylic acid groups (broad SMARTS) is 1. The van der Waals surface area contributed by atoms with E-state index in [0.717, 1.165) is 5.56 Å². The Kier molecular flexibility index (Phi) is 5.55. The molecule has 0 bridgehead atoms. The highest BCUT2D eigenvalue weighted by atomic mass is 16.4. The third-order valence-corrected chi connectivity index (χ3v) is 3.47. The Morgan fingerprint density at radius 2 is 1.79 bits per heavy atom. The molecule has 0 spiro atoms. The zero-order valence-corrected chi connectivity index (χ0v) is 11.6. The first-order valence-electron chi connectivity index (χ1n) is 6.55. The predicted octanol–water partition coefficient (Wildman–Crippen LogP) is 2.41. The van der Waals surface area contributed by atoms with Gasteiger partial charge in [-0.25, -0.2) is 4.79 Å². The maximum absolute atomic E-state index is 12.1. The van der Waals surface area contributed by atoms with Crippen LogP contribution >= 0.6 is 0 Å². The van der Waals surface area contributed by atoms with E-state index in [4.69, 9.17) is 5.11 Å². The van der Waals surface area contributed by atoms with Gasteiger partial charge in [-0.2, -0.15) is 0 Å². The zero-order chi connectivity index (χ0) is 14.4. The quantitative estimate of drug-likeness (QED) is 0.828. The Labute approximate surface area is 113 Å². The normalized spacial score (nSPS) is 15.3. The summed E-state index contributed by atoms with van der Waals surface area (Å²) in [5, 5.41) is 11.8. The Hall–Kier alpha value is -1.84. The maximum atomic E-state index is 12.1. The second kappa shape index (κ2) is 6.92. The lowest BCUT2D eigenvalue weighted by atomic mass is 9.96. The molecule has 0 aromatic heterocycles. The van der Waals surface area contributed by atoms with Gasteiger partial charge in [0.2, 0.25) is 5.91 Å². The van der Waals surface area contributed by atoms with Gasteiger partial charge in [-0.05, 0) is 18.4 Å². The molecule has 2 N–H and O–H groups in total. The molecule has 0 aliphatic carbocycles. The zero-order valence-electron chi connectivity index (χ0n) is 11.6. The van der Waals surface area contributed by atoms with Gasteiger partial charge >= 0.3 is 5.97 Å². The number of benzene rings is 1. The van der Waals surface area contributed by atoms with Crippen molar-refractivity contribution in [2.45, 2.75) is 39.2 Å². The summed E-state index contributed by atoms with van der Waals surface area (Å²) in [4.78, 5) is 23.3. The molecule has 1 aromatic rings. The molecular formula is C15H21NO3. The van der Waals surface area contributed by atoms with Crippen LogP contribution in [0.25, 0.3) is 0 Å². The van der Waals surface area contributed by atoms with Crippen molar-refractivity contribution < 1.29 is 14.7 Å². The highest BCUT2D eigenvalue weighted by molar-refractivity contribution is 5.87. The van der Waals surface area contributed by atoms with Gasteiger partial charge in [0.05, 0.1) is 5.92 Å². The first-order chi connectivity index (χ1) is 8.97. The summed E-state index contributed by atoms with van der Waals surface area (Å²) in [5.74, 6) is -1.68. The molecule has 0 radical (unpaired) electrons.